The molecule has 2 aromatic rings. The molecule has 0 radical (unpaired) electrons. The van der Waals surface area contributed by atoms with E-state index in [4.69, 9.17) is 5.84 Å². The highest BCUT2D eigenvalue weighted by Gasteiger charge is 2.16. The van der Waals surface area contributed by atoms with Crippen LogP contribution in [-0.4, -0.2) is 0 Å². The van der Waals surface area contributed by atoms with Gasteiger partial charge in [0, 0.05) is 3.57 Å². The first-order valence-electron chi connectivity index (χ1n) is 6.49. The van der Waals surface area contributed by atoms with Crippen LogP contribution >= 0.6 is 22.6 Å². The topological polar surface area (TPSA) is 38.0 Å². The number of benzene rings is 2. The lowest BCUT2D eigenvalue weighted by Crippen LogP contribution is -2.30. The van der Waals surface area contributed by atoms with Crippen LogP contribution in [0, 0.1) is 23.2 Å². The highest BCUT2D eigenvalue weighted by molar-refractivity contribution is 14.1. The number of halogens is 2. The molecule has 0 aliphatic heterocycles. The van der Waals surface area contributed by atoms with Crippen LogP contribution in [0.2, 0.25) is 0 Å². The molecule has 106 valence electrons. The lowest BCUT2D eigenvalue weighted by Gasteiger charge is -2.20. The summed E-state index contributed by atoms with van der Waals surface area (Å²) >= 11 is 2.33. The van der Waals surface area contributed by atoms with Crippen molar-refractivity contribution in [3.63, 3.8) is 0 Å². The summed E-state index contributed by atoms with van der Waals surface area (Å²) in [5, 5.41) is 0. The molecule has 0 saturated carbocycles. The Kier molecular flexibility index (Phi) is 5.12. The third-order valence-electron chi connectivity index (χ3n) is 3.53. The van der Waals surface area contributed by atoms with Gasteiger partial charge in [0.15, 0.2) is 0 Å². The summed E-state index contributed by atoms with van der Waals surface area (Å²) in [5.74, 6) is 5.50. The molecular weight excluding hydrogens is 366 g/mol. The molecule has 1 unspecified atom stereocenters. The normalized spacial score (nSPS) is 12.4. The SMILES string of the molecule is Cc1ccc(F)cc1CC(NN)c1cccc(C)c1I. The number of hydrogen-bond donors (Lipinski definition) is 2. The van der Waals surface area contributed by atoms with Gasteiger partial charge in [-0.3, -0.25) is 11.3 Å². The minimum absolute atomic E-state index is 0.0256. The van der Waals surface area contributed by atoms with E-state index in [0.717, 1.165) is 16.7 Å². The molecule has 0 saturated heterocycles. The molecule has 0 aliphatic carbocycles. The molecule has 1 atom stereocenters. The predicted molar refractivity (Wildman–Crippen MR) is 88.8 cm³/mol. The van der Waals surface area contributed by atoms with Crippen molar-refractivity contribution in [1.82, 2.24) is 5.43 Å². The average Bonchev–Trinajstić information content (AvgIpc) is 2.43. The first kappa shape index (κ1) is 15.4. The second-order valence-corrected chi connectivity index (χ2v) is 6.05. The number of hydrogen-bond acceptors (Lipinski definition) is 2. The summed E-state index contributed by atoms with van der Waals surface area (Å²) in [6.45, 7) is 4.07. The van der Waals surface area contributed by atoms with Gasteiger partial charge in [-0.05, 0) is 77.2 Å². The Balaban J connectivity index is 2.34. The highest BCUT2D eigenvalue weighted by Crippen LogP contribution is 2.26. The monoisotopic (exact) mass is 384 g/mol. The maximum Gasteiger partial charge on any atom is 0.123 e. The van der Waals surface area contributed by atoms with Crippen molar-refractivity contribution in [3.8, 4) is 0 Å². The van der Waals surface area contributed by atoms with Crippen LogP contribution in [0.25, 0.3) is 0 Å². The second kappa shape index (κ2) is 6.65. The van der Waals surface area contributed by atoms with Crippen LogP contribution in [0.4, 0.5) is 4.39 Å². The van der Waals surface area contributed by atoms with Crippen molar-refractivity contribution in [3.05, 3.63) is 68.0 Å². The van der Waals surface area contributed by atoms with Crippen molar-refractivity contribution in [1.29, 1.82) is 0 Å². The summed E-state index contributed by atoms with van der Waals surface area (Å²) in [5.41, 5.74) is 7.28. The summed E-state index contributed by atoms with van der Waals surface area (Å²) in [7, 11) is 0. The molecule has 0 fully saturated rings. The van der Waals surface area contributed by atoms with E-state index in [2.05, 4.69) is 47.1 Å². The first-order valence-corrected chi connectivity index (χ1v) is 7.57. The van der Waals surface area contributed by atoms with Crippen LogP contribution in [0.15, 0.2) is 36.4 Å². The minimum Gasteiger partial charge on any atom is -0.271 e. The van der Waals surface area contributed by atoms with Gasteiger partial charge in [0.25, 0.3) is 0 Å². The Morgan fingerprint density at radius 2 is 1.95 bits per heavy atom. The molecule has 2 rings (SSSR count). The van der Waals surface area contributed by atoms with Gasteiger partial charge in [-0.15, -0.1) is 0 Å². The second-order valence-electron chi connectivity index (χ2n) is 4.97. The van der Waals surface area contributed by atoms with E-state index in [1.54, 1.807) is 12.1 Å². The van der Waals surface area contributed by atoms with Crippen molar-refractivity contribution >= 4 is 22.6 Å². The van der Waals surface area contributed by atoms with Gasteiger partial charge in [0.1, 0.15) is 5.82 Å². The third kappa shape index (κ3) is 3.37. The fraction of sp³-hybridized carbons (Fsp3) is 0.250. The fourth-order valence-corrected chi connectivity index (χ4v) is 3.01. The summed E-state index contributed by atoms with van der Waals surface area (Å²) in [6.07, 6.45) is 0.666. The Morgan fingerprint density at radius 3 is 2.65 bits per heavy atom. The molecule has 3 N–H and O–H groups in total. The molecule has 2 aromatic carbocycles. The molecule has 2 nitrogen and oxygen atoms in total. The van der Waals surface area contributed by atoms with E-state index in [9.17, 15) is 4.39 Å². The van der Waals surface area contributed by atoms with Gasteiger partial charge in [0.05, 0.1) is 6.04 Å². The summed E-state index contributed by atoms with van der Waals surface area (Å²) < 4.78 is 14.6. The van der Waals surface area contributed by atoms with Crippen molar-refractivity contribution in [2.75, 3.05) is 0 Å². The van der Waals surface area contributed by atoms with Crippen molar-refractivity contribution in [2.24, 2.45) is 5.84 Å². The maximum absolute atomic E-state index is 13.4. The molecule has 4 heteroatoms. The van der Waals surface area contributed by atoms with E-state index in [1.165, 1.54) is 15.2 Å². The highest BCUT2D eigenvalue weighted by atomic mass is 127. The zero-order valence-electron chi connectivity index (χ0n) is 11.6. The fourth-order valence-electron chi connectivity index (χ4n) is 2.28. The molecule has 0 spiro atoms. The summed E-state index contributed by atoms with van der Waals surface area (Å²) in [4.78, 5) is 0. The van der Waals surface area contributed by atoms with Crippen LogP contribution in [0.1, 0.15) is 28.3 Å². The maximum atomic E-state index is 13.4. The van der Waals surface area contributed by atoms with Crippen LogP contribution < -0.4 is 11.3 Å². The van der Waals surface area contributed by atoms with E-state index in [1.807, 2.05) is 13.0 Å². The number of rotatable bonds is 4. The Morgan fingerprint density at radius 1 is 1.20 bits per heavy atom. The van der Waals surface area contributed by atoms with Crippen molar-refractivity contribution < 1.29 is 4.39 Å². The van der Waals surface area contributed by atoms with Gasteiger partial charge in [-0.25, -0.2) is 4.39 Å². The van der Waals surface area contributed by atoms with E-state index >= 15 is 0 Å². The summed E-state index contributed by atoms with van der Waals surface area (Å²) in [6, 6.07) is 11.0. The van der Waals surface area contributed by atoms with Crippen molar-refractivity contribution in [2.45, 2.75) is 26.3 Å². The van der Waals surface area contributed by atoms with Gasteiger partial charge < -0.3 is 0 Å². The van der Waals surface area contributed by atoms with Crippen LogP contribution in [-0.2, 0) is 6.42 Å². The number of hydrazine groups is 1. The lowest BCUT2D eigenvalue weighted by molar-refractivity contribution is 0.545. The zero-order chi connectivity index (χ0) is 14.7. The molecule has 0 aliphatic rings. The molecular formula is C16H18FIN2. The quantitative estimate of drug-likeness (QED) is 0.478. The minimum atomic E-state index is -0.208. The number of aryl methyl sites for hydroxylation is 2. The Labute approximate surface area is 132 Å². The molecule has 0 heterocycles. The van der Waals surface area contributed by atoms with E-state index in [-0.39, 0.29) is 11.9 Å². The standard InChI is InChI=1S/C16H18FIN2/c1-10-6-7-13(17)8-12(10)9-15(20-19)14-5-3-4-11(2)16(14)18/h3-8,15,20H,9,19H2,1-2H3. The van der Waals surface area contributed by atoms with Crippen LogP contribution in [0.5, 0.6) is 0 Å². The molecule has 0 amide bonds. The predicted octanol–water partition coefficient (Wildman–Crippen LogP) is 3.79. The van der Waals surface area contributed by atoms with Gasteiger partial charge >= 0.3 is 0 Å². The molecule has 0 aromatic heterocycles. The lowest BCUT2D eigenvalue weighted by atomic mass is 9.95. The number of nitrogens with one attached hydrogen (secondary N) is 1. The van der Waals surface area contributed by atoms with E-state index in [0.29, 0.717) is 6.42 Å². The average molecular weight is 384 g/mol. The number of nitrogens with two attached hydrogens (primary N) is 1. The Hall–Kier alpha value is -0.980. The van der Waals surface area contributed by atoms with Gasteiger partial charge in [0.2, 0.25) is 0 Å². The Bertz CT molecular complexity index is 613. The van der Waals surface area contributed by atoms with E-state index < -0.39 is 0 Å². The first-order chi connectivity index (χ1) is 9.52. The largest absolute Gasteiger partial charge is 0.271 e. The van der Waals surface area contributed by atoms with Gasteiger partial charge in [-0.2, -0.15) is 0 Å². The van der Waals surface area contributed by atoms with Gasteiger partial charge in [-0.1, -0.05) is 24.3 Å². The molecule has 20 heavy (non-hydrogen) atoms. The zero-order valence-corrected chi connectivity index (χ0v) is 13.7. The van der Waals surface area contributed by atoms with Crippen LogP contribution in [0.3, 0.4) is 0 Å². The third-order valence-corrected chi connectivity index (χ3v) is 5.01. The smallest absolute Gasteiger partial charge is 0.123 e. The molecule has 0 bridgehead atoms.